The number of amides is 1. The van der Waals surface area contributed by atoms with Crippen LogP contribution in [-0.4, -0.2) is 17.6 Å². The number of para-hydroxylation sites is 1. The van der Waals surface area contributed by atoms with Gasteiger partial charge in [0.15, 0.2) is 0 Å². The van der Waals surface area contributed by atoms with Crippen molar-refractivity contribution in [3.05, 3.63) is 70.5 Å². The molecule has 0 aliphatic rings. The lowest BCUT2D eigenvalue weighted by atomic mass is 10.1. The van der Waals surface area contributed by atoms with E-state index in [1.807, 2.05) is 22.8 Å². The van der Waals surface area contributed by atoms with Gasteiger partial charge in [-0.1, -0.05) is 25.5 Å². The zero-order valence-corrected chi connectivity index (χ0v) is 15.0. The zero-order chi connectivity index (χ0) is 18.5. The number of aryl methyl sites for hydroxylation is 1. The van der Waals surface area contributed by atoms with Crippen molar-refractivity contribution in [2.24, 2.45) is 0 Å². The molecule has 1 N–H and O–H groups in total. The molecule has 0 spiro atoms. The molecule has 0 saturated carbocycles. The van der Waals surface area contributed by atoms with E-state index >= 15 is 0 Å². The molecule has 2 aromatic carbocycles. The lowest BCUT2D eigenvalue weighted by Gasteiger charge is -2.13. The van der Waals surface area contributed by atoms with Gasteiger partial charge in [-0.15, -0.1) is 0 Å². The van der Waals surface area contributed by atoms with Gasteiger partial charge in [0.2, 0.25) is 5.43 Å². The number of pyridine rings is 1. The Balaban J connectivity index is 1.98. The third-order valence-electron chi connectivity index (χ3n) is 4.33. The molecule has 5 nitrogen and oxygen atoms in total. The highest BCUT2D eigenvalue weighted by molar-refractivity contribution is 6.05. The molecule has 5 heteroatoms. The second-order valence-corrected chi connectivity index (χ2v) is 6.12. The van der Waals surface area contributed by atoms with Crippen LogP contribution in [0.5, 0.6) is 5.75 Å². The van der Waals surface area contributed by atoms with Crippen LogP contribution in [0.1, 0.15) is 30.1 Å². The number of rotatable bonds is 6. The number of carbonyl (C=O) groups is 1. The van der Waals surface area contributed by atoms with E-state index < -0.39 is 5.91 Å². The minimum Gasteiger partial charge on any atom is -0.497 e. The molecule has 0 atom stereocenters. The van der Waals surface area contributed by atoms with E-state index in [1.54, 1.807) is 43.6 Å². The van der Waals surface area contributed by atoms with Gasteiger partial charge in [0.05, 0.1) is 12.6 Å². The summed E-state index contributed by atoms with van der Waals surface area (Å²) in [6.07, 6.45) is 3.68. The minimum absolute atomic E-state index is 0.149. The molecule has 1 amide bonds. The van der Waals surface area contributed by atoms with Crippen molar-refractivity contribution in [1.29, 1.82) is 0 Å². The fourth-order valence-corrected chi connectivity index (χ4v) is 2.89. The highest BCUT2D eigenvalue weighted by Gasteiger charge is 2.15. The molecule has 3 rings (SSSR count). The number of aromatic nitrogens is 1. The topological polar surface area (TPSA) is 60.3 Å². The number of fused-ring (bicyclic) bond motifs is 1. The van der Waals surface area contributed by atoms with Crippen LogP contribution in [0.4, 0.5) is 5.69 Å². The molecule has 0 aliphatic heterocycles. The van der Waals surface area contributed by atoms with E-state index in [-0.39, 0.29) is 11.0 Å². The molecular weight excluding hydrogens is 328 g/mol. The van der Waals surface area contributed by atoms with E-state index in [9.17, 15) is 9.59 Å². The SMILES string of the molecule is CCCCn1cc(C(=O)Nc2ccc(OC)cc2)c(=O)c2ccccc21. The Labute approximate surface area is 152 Å². The normalized spacial score (nSPS) is 10.7. The van der Waals surface area contributed by atoms with Crippen LogP contribution in [0.15, 0.2) is 59.5 Å². The zero-order valence-electron chi connectivity index (χ0n) is 15.0. The summed E-state index contributed by atoms with van der Waals surface area (Å²) in [5, 5.41) is 3.35. The maximum absolute atomic E-state index is 12.8. The maximum atomic E-state index is 12.8. The fraction of sp³-hybridized carbons (Fsp3) is 0.238. The lowest BCUT2D eigenvalue weighted by Crippen LogP contribution is -2.24. The Kier molecular flexibility index (Phi) is 5.37. The van der Waals surface area contributed by atoms with E-state index in [0.29, 0.717) is 16.8 Å². The monoisotopic (exact) mass is 350 g/mol. The standard InChI is InChI=1S/C21H22N2O3/c1-3-4-13-23-14-18(20(24)17-7-5-6-8-19(17)23)21(25)22-15-9-11-16(26-2)12-10-15/h5-12,14H,3-4,13H2,1-2H3,(H,22,25). The minimum atomic E-state index is -0.406. The summed E-state index contributed by atoms with van der Waals surface area (Å²) in [5.74, 6) is 0.298. The van der Waals surface area contributed by atoms with Crippen molar-refractivity contribution in [2.45, 2.75) is 26.3 Å². The molecular formula is C21H22N2O3. The first kappa shape index (κ1) is 17.7. The van der Waals surface area contributed by atoms with Crippen molar-refractivity contribution < 1.29 is 9.53 Å². The Morgan fingerprint density at radius 3 is 2.54 bits per heavy atom. The molecule has 26 heavy (non-hydrogen) atoms. The number of methoxy groups -OCH3 is 1. The molecule has 0 fully saturated rings. The third kappa shape index (κ3) is 3.61. The smallest absolute Gasteiger partial charge is 0.261 e. The number of hydrogen-bond donors (Lipinski definition) is 1. The number of anilines is 1. The first-order valence-corrected chi connectivity index (χ1v) is 8.71. The summed E-state index contributed by atoms with van der Waals surface area (Å²) in [4.78, 5) is 25.5. The average Bonchev–Trinajstić information content (AvgIpc) is 2.68. The number of ether oxygens (including phenoxy) is 1. The summed E-state index contributed by atoms with van der Waals surface area (Å²) in [6.45, 7) is 2.88. The van der Waals surface area contributed by atoms with Crippen molar-refractivity contribution >= 4 is 22.5 Å². The van der Waals surface area contributed by atoms with Crippen LogP contribution in [0, 0.1) is 0 Å². The number of carbonyl (C=O) groups excluding carboxylic acids is 1. The molecule has 0 radical (unpaired) electrons. The molecule has 0 saturated heterocycles. The second-order valence-electron chi connectivity index (χ2n) is 6.12. The summed E-state index contributed by atoms with van der Waals surface area (Å²) < 4.78 is 7.10. The van der Waals surface area contributed by atoms with E-state index in [0.717, 1.165) is 24.9 Å². The Hall–Kier alpha value is -3.08. The van der Waals surface area contributed by atoms with Crippen LogP contribution >= 0.6 is 0 Å². The van der Waals surface area contributed by atoms with Crippen LogP contribution in [0.25, 0.3) is 10.9 Å². The van der Waals surface area contributed by atoms with Crippen LogP contribution in [0.2, 0.25) is 0 Å². The highest BCUT2D eigenvalue weighted by atomic mass is 16.5. The number of hydrogen-bond acceptors (Lipinski definition) is 3. The molecule has 1 aromatic heterocycles. The predicted molar refractivity (Wildman–Crippen MR) is 104 cm³/mol. The molecule has 0 aliphatic carbocycles. The van der Waals surface area contributed by atoms with Crippen LogP contribution < -0.4 is 15.5 Å². The van der Waals surface area contributed by atoms with Gasteiger partial charge >= 0.3 is 0 Å². The Morgan fingerprint density at radius 2 is 1.85 bits per heavy atom. The lowest BCUT2D eigenvalue weighted by molar-refractivity contribution is 0.102. The van der Waals surface area contributed by atoms with Gasteiger partial charge in [-0.2, -0.15) is 0 Å². The third-order valence-corrected chi connectivity index (χ3v) is 4.33. The van der Waals surface area contributed by atoms with Crippen molar-refractivity contribution in [1.82, 2.24) is 4.57 Å². The first-order valence-electron chi connectivity index (χ1n) is 8.71. The Morgan fingerprint density at radius 1 is 1.12 bits per heavy atom. The second kappa shape index (κ2) is 7.87. The molecule has 1 heterocycles. The largest absolute Gasteiger partial charge is 0.497 e. The number of benzene rings is 2. The van der Waals surface area contributed by atoms with E-state index in [4.69, 9.17) is 4.74 Å². The number of nitrogens with zero attached hydrogens (tertiary/aromatic N) is 1. The summed E-state index contributed by atoms with van der Waals surface area (Å²) in [5.41, 5.74) is 1.37. The van der Waals surface area contributed by atoms with Gasteiger partial charge in [0.1, 0.15) is 11.3 Å². The van der Waals surface area contributed by atoms with E-state index in [2.05, 4.69) is 12.2 Å². The van der Waals surface area contributed by atoms with Gasteiger partial charge < -0.3 is 14.6 Å². The average molecular weight is 350 g/mol. The van der Waals surface area contributed by atoms with Gasteiger partial charge in [0, 0.05) is 23.8 Å². The first-order chi connectivity index (χ1) is 12.6. The van der Waals surface area contributed by atoms with Gasteiger partial charge in [0.25, 0.3) is 5.91 Å². The molecule has 134 valence electrons. The van der Waals surface area contributed by atoms with Crippen molar-refractivity contribution in [3.63, 3.8) is 0 Å². The summed E-state index contributed by atoms with van der Waals surface area (Å²) in [6, 6.07) is 14.4. The molecule has 0 unspecified atom stereocenters. The maximum Gasteiger partial charge on any atom is 0.261 e. The highest BCUT2D eigenvalue weighted by Crippen LogP contribution is 2.17. The van der Waals surface area contributed by atoms with Crippen molar-refractivity contribution in [3.8, 4) is 5.75 Å². The molecule has 0 bridgehead atoms. The molecule has 3 aromatic rings. The van der Waals surface area contributed by atoms with Crippen LogP contribution in [0.3, 0.4) is 0 Å². The Bertz CT molecular complexity index is 975. The van der Waals surface area contributed by atoms with Crippen molar-refractivity contribution in [2.75, 3.05) is 12.4 Å². The van der Waals surface area contributed by atoms with Gasteiger partial charge in [-0.05, 0) is 42.8 Å². The quantitative estimate of drug-likeness (QED) is 0.729. The summed E-state index contributed by atoms with van der Waals surface area (Å²) in [7, 11) is 1.58. The van der Waals surface area contributed by atoms with Crippen LogP contribution in [-0.2, 0) is 6.54 Å². The van der Waals surface area contributed by atoms with Gasteiger partial charge in [-0.3, -0.25) is 9.59 Å². The fourth-order valence-electron chi connectivity index (χ4n) is 2.89. The van der Waals surface area contributed by atoms with Gasteiger partial charge in [-0.25, -0.2) is 0 Å². The summed E-state index contributed by atoms with van der Waals surface area (Å²) >= 11 is 0. The number of nitrogens with one attached hydrogen (secondary N) is 1. The number of unbranched alkanes of at least 4 members (excludes halogenated alkanes) is 1. The predicted octanol–water partition coefficient (Wildman–Crippen LogP) is 4.06. The van der Waals surface area contributed by atoms with E-state index in [1.165, 1.54) is 0 Å².